The normalized spacial score (nSPS) is 17.6. The van der Waals surface area contributed by atoms with Crippen LogP contribution in [0, 0.1) is 0 Å². The van der Waals surface area contributed by atoms with E-state index in [1.807, 2.05) is 39.0 Å². The van der Waals surface area contributed by atoms with E-state index in [4.69, 9.17) is 4.74 Å². The molecule has 2 aliphatic carbocycles. The molecule has 0 aliphatic heterocycles. The lowest BCUT2D eigenvalue weighted by Crippen LogP contribution is -2.37. The van der Waals surface area contributed by atoms with Crippen molar-refractivity contribution in [1.29, 1.82) is 0 Å². The van der Waals surface area contributed by atoms with E-state index >= 15 is 0 Å². The molecule has 1 aromatic carbocycles. The first-order valence-electron chi connectivity index (χ1n) is 12.2. The summed E-state index contributed by atoms with van der Waals surface area (Å²) in [5.74, 6) is -0.144. The molecule has 0 bridgehead atoms. The Bertz CT molecular complexity index is 763. The minimum absolute atomic E-state index is 0.144. The number of nitrogens with one attached hydrogen (secondary N) is 4. The van der Waals surface area contributed by atoms with Crippen LogP contribution >= 0.6 is 0 Å². The Labute approximate surface area is 192 Å². The molecule has 1 aromatic rings. The lowest BCUT2D eigenvalue weighted by atomic mass is 9.95. The molecule has 2 saturated carbocycles. The first-order chi connectivity index (χ1) is 15.3. The monoisotopic (exact) mass is 444 g/mol. The topological polar surface area (TPSA) is 91.5 Å². The first-order valence-corrected chi connectivity index (χ1v) is 12.2. The SMILES string of the molecule is CC(C)(C)OC(=O)NCCNC(=O)c1ccc(NC2CCCCC2)c(NC2CCCC2)c1. The molecule has 0 unspecified atom stereocenters. The molecular formula is C25H40N4O3. The summed E-state index contributed by atoms with van der Waals surface area (Å²) in [6, 6.07) is 6.84. The van der Waals surface area contributed by atoms with E-state index in [1.165, 1.54) is 57.8 Å². The fraction of sp³-hybridized carbons (Fsp3) is 0.680. The van der Waals surface area contributed by atoms with Crippen molar-refractivity contribution in [3.05, 3.63) is 23.8 Å². The summed E-state index contributed by atoms with van der Waals surface area (Å²) in [5.41, 5.74) is 2.19. The maximum absolute atomic E-state index is 12.7. The van der Waals surface area contributed by atoms with E-state index in [1.54, 1.807) is 0 Å². The number of benzene rings is 1. The highest BCUT2D eigenvalue weighted by molar-refractivity contribution is 5.96. The maximum atomic E-state index is 12.7. The number of rotatable bonds is 8. The van der Waals surface area contributed by atoms with Gasteiger partial charge >= 0.3 is 6.09 Å². The van der Waals surface area contributed by atoms with Gasteiger partial charge in [0.25, 0.3) is 5.91 Å². The van der Waals surface area contributed by atoms with Gasteiger partial charge < -0.3 is 26.0 Å². The molecule has 178 valence electrons. The highest BCUT2D eigenvalue weighted by Gasteiger charge is 2.20. The second kappa shape index (κ2) is 11.4. The zero-order valence-corrected chi connectivity index (χ0v) is 19.9. The van der Waals surface area contributed by atoms with E-state index < -0.39 is 11.7 Å². The molecule has 2 aliphatic rings. The highest BCUT2D eigenvalue weighted by atomic mass is 16.6. The van der Waals surface area contributed by atoms with Crippen molar-refractivity contribution >= 4 is 23.4 Å². The van der Waals surface area contributed by atoms with E-state index in [0.29, 0.717) is 30.7 Å². The Morgan fingerprint density at radius 2 is 1.41 bits per heavy atom. The first kappa shape index (κ1) is 24.2. The van der Waals surface area contributed by atoms with Crippen LogP contribution in [0.3, 0.4) is 0 Å². The Kier molecular flexibility index (Phi) is 8.65. The molecule has 4 N–H and O–H groups in total. The van der Waals surface area contributed by atoms with Crippen molar-refractivity contribution in [3.8, 4) is 0 Å². The van der Waals surface area contributed by atoms with Gasteiger partial charge in [0.15, 0.2) is 0 Å². The van der Waals surface area contributed by atoms with Crippen molar-refractivity contribution in [1.82, 2.24) is 10.6 Å². The van der Waals surface area contributed by atoms with E-state index in [-0.39, 0.29) is 5.91 Å². The number of ether oxygens (including phenoxy) is 1. The van der Waals surface area contributed by atoms with E-state index in [2.05, 4.69) is 21.3 Å². The summed E-state index contributed by atoms with van der Waals surface area (Å²) < 4.78 is 5.21. The number of anilines is 2. The van der Waals surface area contributed by atoms with Crippen molar-refractivity contribution in [2.75, 3.05) is 23.7 Å². The van der Waals surface area contributed by atoms with Crippen LogP contribution < -0.4 is 21.3 Å². The van der Waals surface area contributed by atoms with Gasteiger partial charge in [-0.05, 0) is 64.7 Å². The molecule has 32 heavy (non-hydrogen) atoms. The highest BCUT2D eigenvalue weighted by Crippen LogP contribution is 2.31. The third kappa shape index (κ3) is 7.92. The van der Waals surface area contributed by atoms with Gasteiger partial charge in [-0.2, -0.15) is 0 Å². The molecule has 0 heterocycles. The van der Waals surface area contributed by atoms with Gasteiger partial charge in [0.05, 0.1) is 11.4 Å². The summed E-state index contributed by atoms with van der Waals surface area (Å²) in [6.07, 6.45) is 10.7. The smallest absolute Gasteiger partial charge is 0.407 e. The average molecular weight is 445 g/mol. The van der Waals surface area contributed by atoms with Crippen LogP contribution in [0.2, 0.25) is 0 Å². The quantitative estimate of drug-likeness (QED) is 0.422. The average Bonchev–Trinajstić information content (AvgIpc) is 3.25. The predicted molar refractivity (Wildman–Crippen MR) is 129 cm³/mol. The number of carbonyl (C=O) groups is 2. The molecule has 7 heteroatoms. The maximum Gasteiger partial charge on any atom is 0.407 e. The Morgan fingerprint density at radius 1 is 0.844 bits per heavy atom. The fourth-order valence-corrected chi connectivity index (χ4v) is 4.44. The third-order valence-corrected chi connectivity index (χ3v) is 6.04. The van der Waals surface area contributed by atoms with Crippen LogP contribution in [0.15, 0.2) is 18.2 Å². The Hall–Kier alpha value is -2.44. The molecule has 2 amide bonds. The number of carbonyl (C=O) groups excluding carboxylic acids is 2. The minimum Gasteiger partial charge on any atom is -0.444 e. The number of amides is 2. The zero-order valence-electron chi connectivity index (χ0n) is 19.9. The Balaban J connectivity index is 1.57. The molecule has 0 aromatic heterocycles. The predicted octanol–water partition coefficient (Wildman–Crippen LogP) is 5.04. The lowest BCUT2D eigenvalue weighted by Gasteiger charge is -2.26. The summed E-state index contributed by atoms with van der Waals surface area (Å²) >= 11 is 0. The van der Waals surface area contributed by atoms with E-state index in [0.717, 1.165) is 11.4 Å². The number of hydrogen-bond donors (Lipinski definition) is 4. The van der Waals surface area contributed by atoms with Gasteiger partial charge in [0.2, 0.25) is 0 Å². The second-order valence-corrected chi connectivity index (χ2v) is 10.0. The molecule has 0 radical (unpaired) electrons. The van der Waals surface area contributed by atoms with Crippen molar-refractivity contribution < 1.29 is 14.3 Å². The van der Waals surface area contributed by atoms with Gasteiger partial charge in [-0.3, -0.25) is 4.79 Å². The minimum atomic E-state index is -0.538. The van der Waals surface area contributed by atoms with Crippen molar-refractivity contribution in [2.24, 2.45) is 0 Å². The van der Waals surface area contributed by atoms with Crippen LogP contribution in [0.1, 0.15) is 88.9 Å². The Morgan fingerprint density at radius 3 is 2.03 bits per heavy atom. The molecular weight excluding hydrogens is 404 g/mol. The standard InChI is InChI=1S/C25H40N4O3/c1-25(2,3)32-24(31)27-16-15-26-23(30)18-13-14-21(28-19-9-5-4-6-10-19)22(17-18)29-20-11-7-8-12-20/h13-14,17,19-20,28-29H,4-12,15-16H2,1-3H3,(H,26,30)(H,27,31). The largest absolute Gasteiger partial charge is 0.444 e. The molecule has 0 spiro atoms. The van der Waals surface area contributed by atoms with Gasteiger partial charge in [-0.25, -0.2) is 4.79 Å². The van der Waals surface area contributed by atoms with Crippen LogP contribution in [-0.2, 0) is 4.74 Å². The van der Waals surface area contributed by atoms with Crippen LogP contribution in [0.5, 0.6) is 0 Å². The number of hydrogen-bond acceptors (Lipinski definition) is 5. The summed E-state index contributed by atoms with van der Waals surface area (Å²) in [7, 11) is 0. The number of alkyl carbamates (subject to hydrolysis) is 1. The van der Waals surface area contributed by atoms with Gasteiger partial charge in [-0.15, -0.1) is 0 Å². The van der Waals surface area contributed by atoms with Gasteiger partial charge in [0.1, 0.15) is 5.60 Å². The molecule has 0 saturated heterocycles. The lowest BCUT2D eigenvalue weighted by molar-refractivity contribution is 0.0526. The second-order valence-electron chi connectivity index (χ2n) is 10.0. The van der Waals surface area contributed by atoms with E-state index in [9.17, 15) is 9.59 Å². The summed E-state index contributed by atoms with van der Waals surface area (Å²) in [4.78, 5) is 24.4. The summed E-state index contributed by atoms with van der Waals surface area (Å²) in [6.45, 7) is 6.11. The van der Waals surface area contributed by atoms with Crippen LogP contribution in [-0.4, -0.2) is 42.8 Å². The molecule has 2 fully saturated rings. The van der Waals surface area contributed by atoms with Crippen LogP contribution in [0.4, 0.5) is 16.2 Å². The third-order valence-electron chi connectivity index (χ3n) is 6.04. The van der Waals surface area contributed by atoms with Crippen molar-refractivity contribution in [3.63, 3.8) is 0 Å². The van der Waals surface area contributed by atoms with Crippen molar-refractivity contribution in [2.45, 2.75) is 96.2 Å². The van der Waals surface area contributed by atoms with Gasteiger partial charge in [-0.1, -0.05) is 32.1 Å². The summed E-state index contributed by atoms with van der Waals surface area (Å²) in [5, 5.41) is 12.9. The molecule has 3 rings (SSSR count). The van der Waals surface area contributed by atoms with Gasteiger partial charge in [0, 0.05) is 30.7 Å². The van der Waals surface area contributed by atoms with Crippen LogP contribution in [0.25, 0.3) is 0 Å². The zero-order chi connectivity index (χ0) is 23.0. The molecule has 7 nitrogen and oxygen atoms in total. The molecule has 0 atom stereocenters. The fourth-order valence-electron chi connectivity index (χ4n) is 4.44.